The van der Waals surface area contributed by atoms with Crippen LogP contribution >= 0.6 is 0 Å². The van der Waals surface area contributed by atoms with Crippen LogP contribution in [-0.2, 0) is 9.53 Å². The maximum Gasteiger partial charge on any atom is 0.254 e. The van der Waals surface area contributed by atoms with Crippen molar-refractivity contribution in [3.8, 4) is 0 Å². The Kier molecular flexibility index (Phi) is 6.47. The Labute approximate surface area is 195 Å². The summed E-state index contributed by atoms with van der Waals surface area (Å²) in [6.45, 7) is 7.13. The number of rotatable bonds is 7. The first-order valence-electron chi connectivity index (χ1n) is 12.2. The Morgan fingerprint density at radius 1 is 1.09 bits per heavy atom. The molecule has 5 rings (SSSR count). The van der Waals surface area contributed by atoms with E-state index in [0.717, 1.165) is 68.8 Å². The number of nitrogens with one attached hydrogen (secondary N) is 1. The molecule has 6 heteroatoms. The Morgan fingerprint density at radius 2 is 1.88 bits per heavy atom. The van der Waals surface area contributed by atoms with Crippen LogP contribution in [0.3, 0.4) is 0 Å². The van der Waals surface area contributed by atoms with Gasteiger partial charge < -0.3 is 15.0 Å². The van der Waals surface area contributed by atoms with Gasteiger partial charge in [0.2, 0.25) is 5.91 Å². The average molecular weight is 448 g/mol. The van der Waals surface area contributed by atoms with Gasteiger partial charge in [0.25, 0.3) is 5.91 Å². The molecule has 174 valence electrons. The predicted octanol–water partition coefficient (Wildman–Crippen LogP) is 3.28. The van der Waals surface area contributed by atoms with Gasteiger partial charge in [0.15, 0.2) is 0 Å². The van der Waals surface area contributed by atoms with Gasteiger partial charge in [-0.15, -0.1) is 0 Å². The molecule has 0 radical (unpaired) electrons. The number of aryl methyl sites for hydroxylation is 1. The summed E-state index contributed by atoms with van der Waals surface area (Å²) in [6.07, 6.45) is 2.91. The predicted molar refractivity (Wildman–Crippen MR) is 127 cm³/mol. The van der Waals surface area contributed by atoms with E-state index in [-0.39, 0.29) is 23.9 Å². The van der Waals surface area contributed by atoms with Gasteiger partial charge >= 0.3 is 0 Å². The van der Waals surface area contributed by atoms with Gasteiger partial charge in [-0.2, -0.15) is 0 Å². The number of nitrogens with zero attached hydrogens (tertiary/aromatic N) is 2. The Hall–Kier alpha value is -2.70. The molecule has 1 saturated heterocycles. The van der Waals surface area contributed by atoms with Crippen molar-refractivity contribution in [2.75, 3.05) is 39.4 Å². The highest BCUT2D eigenvalue weighted by atomic mass is 16.5. The minimum atomic E-state index is -0.412. The van der Waals surface area contributed by atoms with Crippen LogP contribution in [0.1, 0.15) is 58.3 Å². The zero-order valence-electron chi connectivity index (χ0n) is 19.3. The molecule has 0 aromatic heterocycles. The summed E-state index contributed by atoms with van der Waals surface area (Å²) in [5, 5.41) is 3.21. The van der Waals surface area contributed by atoms with E-state index < -0.39 is 5.92 Å². The summed E-state index contributed by atoms with van der Waals surface area (Å²) in [6, 6.07) is 15.9. The van der Waals surface area contributed by atoms with Gasteiger partial charge in [-0.25, -0.2) is 0 Å². The molecular weight excluding hydrogens is 414 g/mol. The van der Waals surface area contributed by atoms with E-state index in [1.54, 1.807) is 0 Å². The molecular formula is C27H33N3O3. The monoisotopic (exact) mass is 447 g/mol. The van der Waals surface area contributed by atoms with Crippen LogP contribution in [0.15, 0.2) is 48.5 Å². The van der Waals surface area contributed by atoms with Gasteiger partial charge in [0.1, 0.15) is 0 Å². The zero-order chi connectivity index (χ0) is 22.8. The molecule has 2 aromatic carbocycles. The Balaban J connectivity index is 1.41. The molecule has 2 fully saturated rings. The van der Waals surface area contributed by atoms with Gasteiger partial charge in [0.05, 0.1) is 25.2 Å². The molecule has 33 heavy (non-hydrogen) atoms. The lowest BCUT2D eigenvalue weighted by molar-refractivity contribution is -0.124. The zero-order valence-corrected chi connectivity index (χ0v) is 19.3. The maximum absolute atomic E-state index is 13.7. The molecule has 2 atom stereocenters. The number of hydrogen-bond donors (Lipinski definition) is 1. The van der Waals surface area contributed by atoms with Crippen LogP contribution in [0, 0.1) is 6.92 Å². The molecule has 6 nitrogen and oxygen atoms in total. The third-order valence-electron chi connectivity index (χ3n) is 7.04. The highest BCUT2D eigenvalue weighted by Gasteiger charge is 2.48. The third kappa shape index (κ3) is 4.68. The minimum absolute atomic E-state index is 0.00841. The van der Waals surface area contributed by atoms with Crippen LogP contribution in [0.2, 0.25) is 0 Å². The van der Waals surface area contributed by atoms with Crippen molar-refractivity contribution in [3.63, 3.8) is 0 Å². The number of hydrogen-bond acceptors (Lipinski definition) is 4. The molecule has 1 N–H and O–H groups in total. The lowest BCUT2D eigenvalue weighted by Crippen LogP contribution is -2.48. The minimum Gasteiger partial charge on any atom is -0.379 e. The van der Waals surface area contributed by atoms with Crippen LogP contribution in [0.25, 0.3) is 0 Å². The van der Waals surface area contributed by atoms with E-state index >= 15 is 0 Å². The van der Waals surface area contributed by atoms with Crippen LogP contribution in [0.4, 0.5) is 0 Å². The standard InChI is InChI=1S/C27H33N3O3/c1-19-6-4-7-20(18-19)25-24(26(31)28-12-5-13-29-14-16-33-17-15-29)22-8-2-3-9-23(22)27(32)30(25)21-10-11-21/h2-4,6-9,18,21,24-25H,5,10-17H2,1H3,(H,28,31)/t24-,25-/m0/s1. The lowest BCUT2D eigenvalue weighted by atomic mass is 9.78. The lowest BCUT2D eigenvalue weighted by Gasteiger charge is -2.42. The highest BCUT2D eigenvalue weighted by Crippen LogP contribution is 2.47. The third-order valence-corrected chi connectivity index (χ3v) is 7.04. The summed E-state index contributed by atoms with van der Waals surface area (Å²) in [4.78, 5) is 31.6. The molecule has 2 aromatic rings. The summed E-state index contributed by atoms with van der Waals surface area (Å²) < 4.78 is 5.42. The maximum atomic E-state index is 13.7. The van der Waals surface area contributed by atoms with E-state index in [9.17, 15) is 9.59 Å². The van der Waals surface area contributed by atoms with Gasteiger partial charge in [-0.3, -0.25) is 14.5 Å². The average Bonchev–Trinajstić information content (AvgIpc) is 3.67. The van der Waals surface area contributed by atoms with Crippen molar-refractivity contribution in [1.82, 2.24) is 15.1 Å². The number of ether oxygens (including phenoxy) is 1. The van der Waals surface area contributed by atoms with E-state index in [1.807, 2.05) is 35.2 Å². The number of carbonyl (C=O) groups is 2. The number of carbonyl (C=O) groups excluding carboxylic acids is 2. The first-order valence-corrected chi connectivity index (χ1v) is 12.2. The fourth-order valence-electron chi connectivity index (χ4n) is 5.25. The second-order valence-electron chi connectivity index (χ2n) is 9.47. The highest BCUT2D eigenvalue weighted by molar-refractivity contribution is 6.01. The molecule has 2 amide bonds. The first-order chi connectivity index (χ1) is 16.1. The van der Waals surface area contributed by atoms with Crippen molar-refractivity contribution >= 4 is 11.8 Å². The molecule has 1 saturated carbocycles. The molecule has 1 aliphatic carbocycles. The number of benzene rings is 2. The quantitative estimate of drug-likeness (QED) is 0.662. The van der Waals surface area contributed by atoms with Crippen molar-refractivity contribution in [1.29, 1.82) is 0 Å². The number of amides is 2. The van der Waals surface area contributed by atoms with Crippen molar-refractivity contribution < 1.29 is 14.3 Å². The summed E-state index contributed by atoms with van der Waals surface area (Å²) in [5.74, 6) is -0.352. The van der Waals surface area contributed by atoms with Gasteiger partial charge in [-0.1, -0.05) is 48.0 Å². The van der Waals surface area contributed by atoms with Crippen LogP contribution < -0.4 is 5.32 Å². The largest absolute Gasteiger partial charge is 0.379 e. The van der Waals surface area contributed by atoms with E-state index in [2.05, 4.69) is 35.3 Å². The van der Waals surface area contributed by atoms with Gasteiger partial charge in [0, 0.05) is 31.2 Å². The summed E-state index contributed by atoms with van der Waals surface area (Å²) >= 11 is 0. The van der Waals surface area contributed by atoms with Crippen LogP contribution in [-0.4, -0.2) is 67.0 Å². The Morgan fingerprint density at radius 3 is 2.64 bits per heavy atom. The number of fused-ring (bicyclic) bond motifs is 1. The molecule has 3 aliphatic rings. The van der Waals surface area contributed by atoms with Crippen molar-refractivity contribution in [2.45, 2.75) is 44.2 Å². The summed E-state index contributed by atoms with van der Waals surface area (Å²) in [7, 11) is 0. The Bertz CT molecular complexity index is 1010. The molecule has 0 unspecified atom stereocenters. The first kappa shape index (κ1) is 22.1. The second kappa shape index (κ2) is 9.65. The second-order valence-corrected chi connectivity index (χ2v) is 9.47. The number of morpholine rings is 1. The molecule has 0 spiro atoms. The van der Waals surface area contributed by atoms with Gasteiger partial charge in [-0.05, 0) is 49.9 Å². The van der Waals surface area contributed by atoms with Crippen molar-refractivity contribution in [3.05, 3.63) is 70.8 Å². The smallest absolute Gasteiger partial charge is 0.254 e. The van der Waals surface area contributed by atoms with E-state index in [4.69, 9.17) is 4.74 Å². The van der Waals surface area contributed by atoms with E-state index in [0.29, 0.717) is 12.1 Å². The fourth-order valence-corrected chi connectivity index (χ4v) is 5.25. The van der Waals surface area contributed by atoms with Crippen molar-refractivity contribution in [2.24, 2.45) is 0 Å². The van der Waals surface area contributed by atoms with E-state index in [1.165, 1.54) is 0 Å². The topological polar surface area (TPSA) is 61.9 Å². The fraction of sp³-hybridized carbons (Fsp3) is 0.481. The molecule has 2 heterocycles. The van der Waals surface area contributed by atoms with Crippen LogP contribution in [0.5, 0.6) is 0 Å². The molecule has 2 aliphatic heterocycles. The normalized spacial score (nSPS) is 23.3. The summed E-state index contributed by atoms with van der Waals surface area (Å²) in [5.41, 5.74) is 3.69. The molecule has 0 bridgehead atoms. The SMILES string of the molecule is Cc1cccc([C@H]2[C@@H](C(=O)NCCCN3CCOCC3)c3ccccc3C(=O)N2C2CC2)c1.